The van der Waals surface area contributed by atoms with Crippen molar-refractivity contribution in [2.45, 2.75) is 10.1 Å². The summed E-state index contributed by atoms with van der Waals surface area (Å²) in [6.45, 7) is 0. The van der Waals surface area contributed by atoms with E-state index in [9.17, 15) is 4.55 Å². The first-order chi connectivity index (χ1) is 9.22. The number of benzene rings is 2. The van der Waals surface area contributed by atoms with Gasteiger partial charge in [0.15, 0.2) is 5.25 Å². The Labute approximate surface area is 125 Å². The fourth-order valence-corrected chi connectivity index (χ4v) is 4.50. The fourth-order valence-electron chi connectivity index (χ4n) is 2.03. The van der Waals surface area contributed by atoms with Gasteiger partial charge in [0.25, 0.3) is 0 Å². The van der Waals surface area contributed by atoms with Crippen LogP contribution in [0, 0.1) is 0 Å². The van der Waals surface area contributed by atoms with Crippen molar-refractivity contribution < 1.29 is 4.55 Å². The van der Waals surface area contributed by atoms with Crippen molar-refractivity contribution in [1.82, 2.24) is 0 Å². The molecule has 0 aliphatic heterocycles. The minimum Gasteiger partial charge on any atom is -0.616 e. The van der Waals surface area contributed by atoms with Gasteiger partial charge in [0.2, 0.25) is 0 Å². The minimum atomic E-state index is -0.934. The van der Waals surface area contributed by atoms with E-state index in [0.717, 1.165) is 11.1 Å². The molecule has 0 aromatic heterocycles. The summed E-state index contributed by atoms with van der Waals surface area (Å²) in [5, 5.41) is -0.0522. The van der Waals surface area contributed by atoms with Crippen molar-refractivity contribution in [2.24, 2.45) is 0 Å². The van der Waals surface area contributed by atoms with E-state index in [1.807, 2.05) is 36.4 Å². The quantitative estimate of drug-likeness (QED) is 0.599. The standard InChI is InChI=1S/C15H16OS3/c1-17-18-14-10-6-9-13(11-14)15(19(2)16)12-7-4-3-5-8-12/h3-11,15H,1-2H3. The maximum Gasteiger partial charge on any atom is 0.165 e. The normalized spacial score (nSPS) is 14.1. The van der Waals surface area contributed by atoms with E-state index in [4.69, 9.17) is 0 Å². The molecule has 2 atom stereocenters. The molecule has 0 saturated heterocycles. The molecule has 19 heavy (non-hydrogen) atoms. The molecule has 2 aromatic carbocycles. The maximum absolute atomic E-state index is 12.1. The zero-order valence-electron chi connectivity index (χ0n) is 10.9. The number of hydrogen-bond donors (Lipinski definition) is 0. The highest BCUT2D eigenvalue weighted by atomic mass is 33.1. The predicted octanol–water partition coefficient (Wildman–Crippen LogP) is 4.52. The second-order valence-corrected chi connectivity index (χ2v) is 8.05. The zero-order valence-corrected chi connectivity index (χ0v) is 13.4. The molecule has 4 heteroatoms. The molecule has 0 fully saturated rings. The molecule has 2 rings (SSSR count). The lowest BCUT2D eigenvalue weighted by Crippen LogP contribution is -2.13. The van der Waals surface area contributed by atoms with Crippen LogP contribution in [0.3, 0.4) is 0 Å². The molecule has 0 N–H and O–H groups in total. The van der Waals surface area contributed by atoms with Crippen molar-refractivity contribution in [3.63, 3.8) is 0 Å². The third-order valence-electron chi connectivity index (χ3n) is 2.77. The summed E-state index contributed by atoms with van der Waals surface area (Å²) in [6, 6.07) is 18.4. The molecule has 100 valence electrons. The van der Waals surface area contributed by atoms with Crippen LogP contribution < -0.4 is 0 Å². The molecule has 0 amide bonds. The van der Waals surface area contributed by atoms with Crippen LogP contribution >= 0.6 is 21.6 Å². The average Bonchev–Trinajstić information content (AvgIpc) is 2.40. The van der Waals surface area contributed by atoms with Crippen LogP contribution in [0.1, 0.15) is 16.4 Å². The van der Waals surface area contributed by atoms with E-state index in [1.165, 1.54) is 4.90 Å². The summed E-state index contributed by atoms with van der Waals surface area (Å²) in [7, 11) is 3.45. The predicted molar refractivity (Wildman–Crippen MR) is 88.2 cm³/mol. The molecule has 1 nitrogen and oxygen atoms in total. The largest absolute Gasteiger partial charge is 0.616 e. The van der Waals surface area contributed by atoms with Crippen LogP contribution in [0.4, 0.5) is 0 Å². The number of rotatable bonds is 5. The van der Waals surface area contributed by atoms with Gasteiger partial charge >= 0.3 is 0 Å². The summed E-state index contributed by atoms with van der Waals surface area (Å²) >= 11 is -0.934. The molecule has 0 saturated carbocycles. The zero-order chi connectivity index (χ0) is 13.7. The molecule has 0 radical (unpaired) electrons. The van der Waals surface area contributed by atoms with Crippen molar-refractivity contribution >= 4 is 32.8 Å². The van der Waals surface area contributed by atoms with Crippen LogP contribution in [-0.4, -0.2) is 17.1 Å². The SMILES string of the molecule is CSSc1cccc(C(c2ccccc2)[S+](C)[O-])c1. The van der Waals surface area contributed by atoms with Gasteiger partial charge in [-0.2, -0.15) is 0 Å². The van der Waals surface area contributed by atoms with Gasteiger partial charge in [-0.25, -0.2) is 0 Å². The molecule has 2 aromatic rings. The van der Waals surface area contributed by atoms with Crippen molar-refractivity contribution in [3.05, 3.63) is 65.7 Å². The third kappa shape index (κ3) is 3.96. The Kier molecular flexibility index (Phi) is 5.70. The van der Waals surface area contributed by atoms with E-state index in [-0.39, 0.29) is 5.25 Å². The molecule has 2 unspecified atom stereocenters. The van der Waals surface area contributed by atoms with Crippen LogP contribution in [0.2, 0.25) is 0 Å². The Balaban J connectivity index is 2.37. The molecule has 0 aliphatic rings. The Hall–Kier alpha value is -0.550. The van der Waals surface area contributed by atoms with Gasteiger partial charge < -0.3 is 4.55 Å². The molecule has 0 bridgehead atoms. The molecular formula is C15H16OS3. The van der Waals surface area contributed by atoms with Gasteiger partial charge in [-0.1, -0.05) is 64.1 Å². The fraction of sp³-hybridized carbons (Fsp3) is 0.200. The average molecular weight is 308 g/mol. The van der Waals surface area contributed by atoms with E-state index in [2.05, 4.69) is 24.5 Å². The maximum atomic E-state index is 12.1. The second-order valence-electron chi connectivity index (χ2n) is 4.11. The van der Waals surface area contributed by atoms with Crippen molar-refractivity contribution in [2.75, 3.05) is 12.5 Å². The molecular weight excluding hydrogens is 292 g/mol. The first-order valence-electron chi connectivity index (χ1n) is 5.90. The second kappa shape index (κ2) is 7.29. The topological polar surface area (TPSA) is 23.1 Å². The van der Waals surface area contributed by atoms with Crippen molar-refractivity contribution in [1.29, 1.82) is 0 Å². The third-order valence-corrected chi connectivity index (χ3v) is 5.67. The highest BCUT2D eigenvalue weighted by molar-refractivity contribution is 8.76. The smallest absolute Gasteiger partial charge is 0.165 e. The Morgan fingerprint density at radius 3 is 2.32 bits per heavy atom. The summed E-state index contributed by atoms with van der Waals surface area (Å²) in [5.41, 5.74) is 2.22. The van der Waals surface area contributed by atoms with Crippen LogP contribution in [-0.2, 0) is 11.2 Å². The van der Waals surface area contributed by atoms with Gasteiger partial charge in [0.05, 0.1) is 6.26 Å². The summed E-state index contributed by atoms with van der Waals surface area (Å²) in [4.78, 5) is 1.20. The highest BCUT2D eigenvalue weighted by Gasteiger charge is 2.23. The molecule has 0 spiro atoms. The summed E-state index contributed by atoms with van der Waals surface area (Å²) in [6.07, 6.45) is 3.83. The molecule has 0 aliphatic carbocycles. The van der Waals surface area contributed by atoms with Gasteiger partial charge in [0.1, 0.15) is 0 Å². The first kappa shape index (κ1) is 14.9. The Morgan fingerprint density at radius 1 is 1.00 bits per heavy atom. The Morgan fingerprint density at radius 2 is 1.68 bits per heavy atom. The Bertz CT molecular complexity index is 514. The van der Waals surface area contributed by atoms with E-state index in [1.54, 1.807) is 27.8 Å². The first-order valence-corrected chi connectivity index (χ1v) is 10.1. The van der Waals surface area contributed by atoms with E-state index in [0.29, 0.717) is 0 Å². The summed E-state index contributed by atoms with van der Waals surface area (Å²) in [5.74, 6) is 0. The lowest BCUT2D eigenvalue weighted by molar-refractivity contribution is 0.594. The summed E-state index contributed by atoms with van der Waals surface area (Å²) < 4.78 is 12.1. The van der Waals surface area contributed by atoms with Crippen LogP contribution in [0.5, 0.6) is 0 Å². The van der Waals surface area contributed by atoms with E-state index < -0.39 is 11.2 Å². The van der Waals surface area contributed by atoms with Crippen LogP contribution in [0.25, 0.3) is 0 Å². The van der Waals surface area contributed by atoms with Gasteiger partial charge in [-0.3, -0.25) is 0 Å². The number of hydrogen-bond acceptors (Lipinski definition) is 3. The lowest BCUT2D eigenvalue weighted by atomic mass is 10.0. The lowest BCUT2D eigenvalue weighted by Gasteiger charge is -2.19. The van der Waals surface area contributed by atoms with Gasteiger partial charge in [-0.05, 0) is 29.6 Å². The van der Waals surface area contributed by atoms with E-state index >= 15 is 0 Å². The highest BCUT2D eigenvalue weighted by Crippen LogP contribution is 2.34. The van der Waals surface area contributed by atoms with Crippen molar-refractivity contribution in [3.8, 4) is 0 Å². The van der Waals surface area contributed by atoms with Crippen LogP contribution in [0.15, 0.2) is 59.5 Å². The monoisotopic (exact) mass is 308 g/mol. The van der Waals surface area contributed by atoms with Gasteiger partial charge in [0, 0.05) is 16.0 Å². The molecule has 0 heterocycles. The van der Waals surface area contributed by atoms with Gasteiger partial charge in [-0.15, -0.1) is 0 Å². The minimum absolute atomic E-state index is 0.0522.